The highest BCUT2D eigenvalue weighted by Gasteiger charge is 2.59. The summed E-state index contributed by atoms with van der Waals surface area (Å²) in [6.45, 7) is 4.53. The van der Waals surface area contributed by atoms with Crippen LogP contribution in [0.4, 0.5) is 13.2 Å². The minimum atomic E-state index is -4.30. The van der Waals surface area contributed by atoms with Crippen LogP contribution in [0.5, 0.6) is 0 Å². The quantitative estimate of drug-likeness (QED) is 0.335. The van der Waals surface area contributed by atoms with Gasteiger partial charge in [-0.2, -0.15) is 13.2 Å². The van der Waals surface area contributed by atoms with Crippen LogP contribution < -0.4 is 10.6 Å². The molecule has 1 aliphatic heterocycles. The molecule has 164 valence electrons. The van der Waals surface area contributed by atoms with Gasteiger partial charge < -0.3 is 20.1 Å². The number of ether oxygens (including phenoxy) is 2. The molecule has 0 spiro atoms. The molecule has 29 heavy (non-hydrogen) atoms. The molecule has 3 rings (SSSR count). The zero-order valence-corrected chi connectivity index (χ0v) is 19.2. The third-order valence-electron chi connectivity index (χ3n) is 5.63. The van der Waals surface area contributed by atoms with Gasteiger partial charge in [0, 0.05) is 37.6 Å². The highest BCUT2D eigenvalue weighted by Crippen LogP contribution is 2.52. The second-order valence-corrected chi connectivity index (χ2v) is 8.04. The van der Waals surface area contributed by atoms with E-state index in [0.717, 1.165) is 24.6 Å². The molecule has 3 atom stereocenters. The molecule has 1 heterocycles. The van der Waals surface area contributed by atoms with E-state index in [9.17, 15) is 13.2 Å². The molecule has 1 aliphatic carbocycles. The van der Waals surface area contributed by atoms with Gasteiger partial charge in [-0.05, 0) is 17.5 Å². The molecule has 9 heteroatoms. The van der Waals surface area contributed by atoms with Gasteiger partial charge in [-0.15, -0.1) is 24.0 Å². The van der Waals surface area contributed by atoms with Crippen LogP contribution in [0.2, 0.25) is 0 Å². The lowest BCUT2D eigenvalue weighted by molar-refractivity contribution is -0.176. The number of nitrogens with zero attached hydrogens (tertiary/aromatic N) is 1. The molecule has 1 saturated carbocycles. The van der Waals surface area contributed by atoms with Gasteiger partial charge >= 0.3 is 6.18 Å². The Bertz CT molecular complexity index is 695. The Labute approximate surface area is 186 Å². The molecule has 0 aromatic heterocycles. The lowest BCUT2D eigenvalue weighted by atomic mass is 9.57. The number of hydrogen-bond donors (Lipinski definition) is 2. The second kappa shape index (κ2) is 9.82. The summed E-state index contributed by atoms with van der Waals surface area (Å²) in [5.41, 5.74) is 1.79. The summed E-state index contributed by atoms with van der Waals surface area (Å²) in [6, 6.07) is 7.62. The summed E-state index contributed by atoms with van der Waals surface area (Å²) in [6.07, 6.45) is -2.91. The van der Waals surface area contributed by atoms with Gasteiger partial charge in [0.2, 0.25) is 0 Å². The van der Waals surface area contributed by atoms with Crippen LogP contribution in [-0.2, 0) is 22.6 Å². The molecule has 0 radical (unpaired) electrons. The standard InChI is InChI=1S/C20H28F3N3O2.HI/c1-19(2)16(15-8-9-28-17(15)19)26-18(24-3)25-10-13-4-6-14(7-5-13)11-27-12-20(21,22)23;/h4-7,15-17H,8-12H2,1-3H3,(H2,24,25,26);1H. The fourth-order valence-corrected chi connectivity index (χ4v) is 4.18. The number of nitrogens with one attached hydrogen (secondary N) is 2. The Hall–Kier alpha value is -1.07. The first-order chi connectivity index (χ1) is 13.2. The normalized spacial score (nSPS) is 25.6. The summed E-state index contributed by atoms with van der Waals surface area (Å²) in [7, 11) is 1.74. The first-order valence-corrected chi connectivity index (χ1v) is 9.52. The van der Waals surface area contributed by atoms with Gasteiger partial charge in [-0.1, -0.05) is 38.1 Å². The fraction of sp³-hybridized carbons (Fsp3) is 0.650. The molecule has 1 aromatic rings. The average molecular weight is 527 g/mol. The van der Waals surface area contributed by atoms with Gasteiger partial charge in [-0.3, -0.25) is 4.99 Å². The number of fused-ring (bicyclic) bond motifs is 1. The van der Waals surface area contributed by atoms with Crippen molar-refractivity contribution in [3.8, 4) is 0 Å². The van der Waals surface area contributed by atoms with Crippen molar-refractivity contribution in [2.24, 2.45) is 16.3 Å². The number of aliphatic imine (C=N–C) groups is 1. The minimum absolute atomic E-state index is 0. The molecule has 2 aliphatic rings. The first kappa shape index (κ1) is 24.2. The number of guanidine groups is 1. The first-order valence-electron chi connectivity index (χ1n) is 9.52. The Morgan fingerprint density at radius 3 is 2.52 bits per heavy atom. The van der Waals surface area contributed by atoms with Crippen LogP contribution in [0.3, 0.4) is 0 Å². The Kier molecular flexibility index (Phi) is 8.20. The van der Waals surface area contributed by atoms with E-state index in [1.54, 1.807) is 19.2 Å². The van der Waals surface area contributed by atoms with Crippen molar-refractivity contribution in [2.75, 3.05) is 20.3 Å². The van der Waals surface area contributed by atoms with E-state index >= 15 is 0 Å². The van der Waals surface area contributed by atoms with Gasteiger partial charge in [-0.25, -0.2) is 0 Å². The van der Waals surface area contributed by atoms with Crippen LogP contribution in [0.1, 0.15) is 31.4 Å². The molecule has 1 aromatic carbocycles. The van der Waals surface area contributed by atoms with Gasteiger partial charge in [0.1, 0.15) is 6.61 Å². The summed E-state index contributed by atoms with van der Waals surface area (Å²) in [4.78, 5) is 4.31. The monoisotopic (exact) mass is 527 g/mol. The maximum Gasteiger partial charge on any atom is 0.411 e. The molecule has 2 N–H and O–H groups in total. The lowest BCUT2D eigenvalue weighted by Crippen LogP contribution is -2.67. The van der Waals surface area contributed by atoms with Gasteiger partial charge in [0.05, 0.1) is 12.7 Å². The van der Waals surface area contributed by atoms with Crippen molar-refractivity contribution in [3.05, 3.63) is 35.4 Å². The van der Waals surface area contributed by atoms with E-state index < -0.39 is 12.8 Å². The maximum atomic E-state index is 12.1. The van der Waals surface area contributed by atoms with Crippen molar-refractivity contribution in [2.45, 2.75) is 51.7 Å². The highest BCUT2D eigenvalue weighted by molar-refractivity contribution is 14.0. The van der Waals surface area contributed by atoms with Crippen LogP contribution in [0, 0.1) is 11.3 Å². The molecule has 1 saturated heterocycles. The summed E-state index contributed by atoms with van der Waals surface area (Å²) >= 11 is 0. The maximum absolute atomic E-state index is 12.1. The van der Waals surface area contributed by atoms with E-state index in [0.29, 0.717) is 30.2 Å². The largest absolute Gasteiger partial charge is 0.411 e. The number of hydrogen-bond acceptors (Lipinski definition) is 3. The zero-order chi connectivity index (χ0) is 20.4. The minimum Gasteiger partial charge on any atom is -0.377 e. The predicted molar refractivity (Wildman–Crippen MR) is 116 cm³/mol. The third-order valence-corrected chi connectivity index (χ3v) is 5.63. The highest BCUT2D eigenvalue weighted by atomic mass is 127. The van der Waals surface area contributed by atoms with Crippen molar-refractivity contribution >= 4 is 29.9 Å². The average Bonchev–Trinajstić information content (AvgIpc) is 3.09. The van der Waals surface area contributed by atoms with Gasteiger partial charge in [0.25, 0.3) is 0 Å². The van der Waals surface area contributed by atoms with E-state index in [4.69, 9.17) is 4.74 Å². The molecule has 5 nitrogen and oxygen atoms in total. The molecule has 2 fully saturated rings. The summed E-state index contributed by atoms with van der Waals surface area (Å²) < 4.78 is 46.8. The molecule has 0 amide bonds. The van der Waals surface area contributed by atoms with E-state index in [-0.39, 0.29) is 36.0 Å². The number of benzene rings is 1. The zero-order valence-electron chi connectivity index (χ0n) is 16.9. The van der Waals surface area contributed by atoms with Crippen molar-refractivity contribution in [3.63, 3.8) is 0 Å². The van der Waals surface area contributed by atoms with Crippen LogP contribution in [0.15, 0.2) is 29.3 Å². The summed E-state index contributed by atoms with van der Waals surface area (Å²) in [5, 5.41) is 6.82. The van der Waals surface area contributed by atoms with Crippen LogP contribution in [0.25, 0.3) is 0 Å². The van der Waals surface area contributed by atoms with Crippen molar-refractivity contribution in [1.82, 2.24) is 10.6 Å². The second-order valence-electron chi connectivity index (χ2n) is 8.04. The fourth-order valence-electron chi connectivity index (χ4n) is 4.18. The van der Waals surface area contributed by atoms with Crippen molar-refractivity contribution in [1.29, 1.82) is 0 Å². The number of rotatable bonds is 6. The SMILES string of the molecule is CN=C(NCc1ccc(COCC(F)(F)F)cc1)NC1C2CCOC2C1(C)C.I. The summed E-state index contributed by atoms with van der Waals surface area (Å²) in [5.74, 6) is 1.26. The lowest BCUT2D eigenvalue weighted by Gasteiger charge is -2.54. The Morgan fingerprint density at radius 2 is 1.90 bits per heavy atom. The topological polar surface area (TPSA) is 54.9 Å². The van der Waals surface area contributed by atoms with E-state index in [2.05, 4.69) is 34.2 Å². The molecular formula is C20H29F3IN3O2. The van der Waals surface area contributed by atoms with E-state index in [1.807, 2.05) is 12.1 Å². The number of halogens is 4. The predicted octanol–water partition coefficient (Wildman–Crippen LogP) is 3.86. The molecule has 0 bridgehead atoms. The third kappa shape index (κ3) is 5.97. The van der Waals surface area contributed by atoms with Gasteiger partial charge in [0.15, 0.2) is 5.96 Å². The Balaban J connectivity index is 0.00000300. The molecular weight excluding hydrogens is 498 g/mol. The smallest absolute Gasteiger partial charge is 0.377 e. The number of alkyl halides is 3. The van der Waals surface area contributed by atoms with Crippen LogP contribution >= 0.6 is 24.0 Å². The molecule has 3 unspecified atom stereocenters. The van der Waals surface area contributed by atoms with Crippen molar-refractivity contribution < 1.29 is 22.6 Å². The van der Waals surface area contributed by atoms with E-state index in [1.165, 1.54) is 0 Å². The van der Waals surface area contributed by atoms with Crippen LogP contribution in [-0.4, -0.2) is 44.5 Å². The Morgan fingerprint density at radius 1 is 1.24 bits per heavy atom.